The van der Waals surface area contributed by atoms with Gasteiger partial charge in [-0.1, -0.05) is 24.3 Å². The molecule has 2 saturated heterocycles. The Morgan fingerprint density at radius 2 is 1.97 bits per heavy atom. The molecule has 32 heavy (non-hydrogen) atoms. The van der Waals surface area contributed by atoms with Gasteiger partial charge in [0.05, 0.1) is 18.9 Å². The lowest BCUT2D eigenvalue weighted by Gasteiger charge is -2.23. The Morgan fingerprint density at radius 3 is 2.66 bits per heavy atom. The van der Waals surface area contributed by atoms with E-state index in [1.54, 1.807) is 6.07 Å². The van der Waals surface area contributed by atoms with Crippen LogP contribution in [0.5, 0.6) is 5.75 Å². The molecule has 0 radical (unpaired) electrons. The number of hydrogen-bond acceptors (Lipinski definition) is 7. The van der Waals surface area contributed by atoms with Crippen molar-refractivity contribution in [1.82, 2.24) is 20.9 Å². The molecule has 2 unspecified atom stereocenters. The van der Waals surface area contributed by atoms with Crippen LogP contribution in [0.15, 0.2) is 42.6 Å². The Kier molecular flexibility index (Phi) is 7.08. The van der Waals surface area contributed by atoms with Crippen molar-refractivity contribution in [2.24, 2.45) is 0 Å². The van der Waals surface area contributed by atoms with E-state index in [0.29, 0.717) is 12.4 Å². The summed E-state index contributed by atoms with van der Waals surface area (Å²) in [5, 5.41) is 8.14. The second-order valence-corrected chi connectivity index (χ2v) is 7.86. The average Bonchev–Trinajstić information content (AvgIpc) is 2.81. The Morgan fingerprint density at radius 1 is 1.16 bits per heavy atom. The number of rotatable bonds is 7. The highest BCUT2D eigenvalue weighted by Crippen LogP contribution is 2.15. The van der Waals surface area contributed by atoms with Crippen LogP contribution in [0, 0.1) is 0 Å². The molecule has 1 aromatic carbocycles. The molecule has 2 fully saturated rings. The van der Waals surface area contributed by atoms with E-state index >= 15 is 0 Å². The summed E-state index contributed by atoms with van der Waals surface area (Å²) < 4.78 is 11.5. The number of ether oxygens (including phenoxy) is 2. The van der Waals surface area contributed by atoms with Crippen molar-refractivity contribution in [2.45, 2.75) is 38.0 Å². The fourth-order valence-electron chi connectivity index (χ4n) is 3.62. The van der Waals surface area contributed by atoms with E-state index in [-0.39, 0.29) is 30.5 Å². The largest absolute Gasteiger partial charge is 0.487 e. The molecule has 168 valence electrons. The van der Waals surface area contributed by atoms with Gasteiger partial charge in [0.1, 0.15) is 24.1 Å². The highest BCUT2D eigenvalue weighted by Gasteiger charge is 2.28. The van der Waals surface area contributed by atoms with E-state index in [1.165, 1.54) is 17.8 Å². The molecule has 2 aliphatic heterocycles. The third-order valence-electron chi connectivity index (χ3n) is 5.41. The molecule has 0 spiro atoms. The van der Waals surface area contributed by atoms with Crippen LogP contribution in [-0.4, -0.2) is 54.5 Å². The molecule has 0 saturated carbocycles. The van der Waals surface area contributed by atoms with Crippen LogP contribution in [0.1, 0.15) is 34.5 Å². The lowest BCUT2D eigenvalue weighted by atomic mass is 10.1. The molecule has 9 nitrogen and oxygen atoms in total. The van der Waals surface area contributed by atoms with Crippen molar-refractivity contribution in [1.29, 1.82) is 0 Å². The number of carbonyl (C=O) groups excluding carboxylic acids is 3. The summed E-state index contributed by atoms with van der Waals surface area (Å²) in [5.41, 5.74) is 2.41. The molecule has 2 atom stereocenters. The predicted octanol–water partition coefficient (Wildman–Crippen LogP) is 0.727. The van der Waals surface area contributed by atoms with E-state index in [9.17, 15) is 14.4 Å². The smallest absolute Gasteiger partial charge is 0.270 e. The number of pyridine rings is 1. The summed E-state index contributed by atoms with van der Waals surface area (Å²) in [4.78, 5) is 39.4. The number of benzene rings is 1. The van der Waals surface area contributed by atoms with E-state index in [4.69, 9.17) is 9.47 Å². The quantitative estimate of drug-likeness (QED) is 0.545. The molecule has 3 heterocycles. The number of morpholine rings is 1. The maximum atomic E-state index is 12.3. The maximum absolute atomic E-state index is 12.3. The molecule has 3 amide bonds. The first kappa shape index (κ1) is 21.9. The van der Waals surface area contributed by atoms with Gasteiger partial charge in [0.15, 0.2) is 0 Å². The first-order chi connectivity index (χ1) is 15.6. The van der Waals surface area contributed by atoms with E-state index in [0.717, 1.165) is 31.7 Å². The third kappa shape index (κ3) is 5.89. The average molecular weight is 438 g/mol. The normalized spacial score (nSPS) is 21.0. The van der Waals surface area contributed by atoms with E-state index in [1.807, 2.05) is 12.1 Å². The number of piperidine rings is 1. The van der Waals surface area contributed by atoms with Crippen LogP contribution in [0.2, 0.25) is 0 Å². The van der Waals surface area contributed by atoms with Crippen molar-refractivity contribution in [2.75, 3.05) is 19.7 Å². The van der Waals surface area contributed by atoms with Gasteiger partial charge in [-0.2, -0.15) is 0 Å². The monoisotopic (exact) mass is 438 g/mol. The Hall–Kier alpha value is -3.30. The lowest BCUT2D eigenvalue weighted by Crippen LogP contribution is -2.52. The highest BCUT2D eigenvalue weighted by molar-refractivity contribution is 6.03. The Labute approximate surface area is 185 Å². The summed E-state index contributed by atoms with van der Waals surface area (Å²) in [6.07, 6.45) is 3.04. The zero-order chi connectivity index (χ0) is 22.3. The van der Waals surface area contributed by atoms with Crippen molar-refractivity contribution < 1.29 is 23.9 Å². The Balaban J connectivity index is 1.25. The second-order valence-electron chi connectivity index (χ2n) is 7.86. The second kappa shape index (κ2) is 10.3. The lowest BCUT2D eigenvalue weighted by molar-refractivity contribution is -0.134. The molecule has 2 aliphatic rings. The fraction of sp³-hybridized carbons (Fsp3) is 0.391. The van der Waals surface area contributed by atoms with Crippen molar-refractivity contribution in [3.05, 3.63) is 59.4 Å². The molecule has 3 N–H and O–H groups in total. The molecule has 1 aromatic heterocycles. The van der Waals surface area contributed by atoms with Gasteiger partial charge in [0, 0.05) is 19.5 Å². The number of hydrogen-bond donors (Lipinski definition) is 3. The maximum Gasteiger partial charge on any atom is 0.270 e. The van der Waals surface area contributed by atoms with Gasteiger partial charge in [0.2, 0.25) is 11.8 Å². The molecule has 4 rings (SSSR count). The number of nitrogens with one attached hydrogen (secondary N) is 3. The summed E-state index contributed by atoms with van der Waals surface area (Å²) in [7, 11) is 0. The molecular weight excluding hydrogens is 412 g/mol. The molecule has 0 aliphatic carbocycles. The number of aromatic nitrogens is 1. The van der Waals surface area contributed by atoms with Gasteiger partial charge in [-0.15, -0.1) is 0 Å². The van der Waals surface area contributed by atoms with Gasteiger partial charge >= 0.3 is 0 Å². The molecule has 0 bridgehead atoms. The van der Waals surface area contributed by atoms with Gasteiger partial charge in [-0.05, 0) is 36.1 Å². The summed E-state index contributed by atoms with van der Waals surface area (Å²) in [5.74, 6) is -0.763. The third-order valence-corrected chi connectivity index (χ3v) is 5.41. The molecule has 2 aromatic rings. The number of imide groups is 1. The topological polar surface area (TPSA) is 119 Å². The van der Waals surface area contributed by atoms with Crippen LogP contribution < -0.4 is 20.7 Å². The van der Waals surface area contributed by atoms with Gasteiger partial charge in [-0.25, -0.2) is 4.98 Å². The number of nitrogens with zero attached hydrogens (tertiary/aromatic N) is 1. The van der Waals surface area contributed by atoms with Crippen LogP contribution in [0.25, 0.3) is 0 Å². The van der Waals surface area contributed by atoms with E-state index in [2.05, 4.69) is 33.1 Å². The summed E-state index contributed by atoms with van der Waals surface area (Å²) in [6.45, 7) is 2.92. The van der Waals surface area contributed by atoms with E-state index < -0.39 is 17.9 Å². The predicted molar refractivity (Wildman–Crippen MR) is 115 cm³/mol. The number of carbonyl (C=O) groups is 3. The van der Waals surface area contributed by atoms with Gasteiger partial charge in [-0.3, -0.25) is 19.7 Å². The zero-order valence-electron chi connectivity index (χ0n) is 17.6. The first-order valence-electron chi connectivity index (χ1n) is 10.7. The highest BCUT2D eigenvalue weighted by atomic mass is 16.5. The molecular formula is C23H26N4O5. The van der Waals surface area contributed by atoms with Crippen LogP contribution in [0.3, 0.4) is 0 Å². The van der Waals surface area contributed by atoms with Crippen molar-refractivity contribution in [3.63, 3.8) is 0 Å². The minimum absolute atomic E-state index is 0.172. The number of amides is 3. The minimum atomic E-state index is -0.734. The Bertz CT molecular complexity index is 955. The van der Waals surface area contributed by atoms with Crippen LogP contribution in [0.4, 0.5) is 0 Å². The zero-order valence-corrected chi connectivity index (χ0v) is 17.6. The van der Waals surface area contributed by atoms with Crippen LogP contribution in [-0.2, 0) is 27.4 Å². The van der Waals surface area contributed by atoms with Crippen molar-refractivity contribution in [3.8, 4) is 5.75 Å². The first-order valence-corrected chi connectivity index (χ1v) is 10.7. The minimum Gasteiger partial charge on any atom is -0.487 e. The van der Waals surface area contributed by atoms with Crippen LogP contribution >= 0.6 is 0 Å². The SMILES string of the molecule is O=C1CCC(NC(=O)c2ccc(OCc3ccc(CC4CNCCO4)cc3)cn2)C(=O)N1. The van der Waals surface area contributed by atoms with Gasteiger partial charge in [0.25, 0.3) is 5.91 Å². The fourth-order valence-corrected chi connectivity index (χ4v) is 3.62. The summed E-state index contributed by atoms with van der Waals surface area (Å²) in [6, 6.07) is 10.7. The van der Waals surface area contributed by atoms with Crippen molar-refractivity contribution >= 4 is 17.7 Å². The standard InChI is InChI=1S/C23H26N4O5/c28-21-8-7-20(23(30)27-21)26-22(29)19-6-5-17(13-25-19)32-14-16-3-1-15(2-4-16)11-18-12-24-9-10-31-18/h1-6,13,18,20,24H,7-12,14H2,(H,26,29)(H,27,28,30). The summed E-state index contributed by atoms with van der Waals surface area (Å²) >= 11 is 0. The van der Waals surface area contributed by atoms with Gasteiger partial charge < -0.3 is 20.1 Å². The molecule has 9 heteroatoms.